The van der Waals surface area contributed by atoms with Gasteiger partial charge in [-0.3, -0.25) is 4.99 Å². The summed E-state index contributed by atoms with van der Waals surface area (Å²) in [7, 11) is 3.77. The van der Waals surface area contributed by atoms with Crippen LogP contribution in [-0.2, 0) is 6.54 Å². The topological polar surface area (TPSA) is 59.0 Å². The Hall–Kier alpha value is -1.55. The van der Waals surface area contributed by atoms with E-state index in [2.05, 4.69) is 20.7 Å². The molecule has 0 radical (unpaired) electrons. The molecule has 8 heteroatoms. The Morgan fingerprint density at radius 1 is 1.40 bits per heavy atom. The molecule has 136 valence electrons. The fraction of sp³-hybridized carbons (Fsp3) is 0.412. The molecule has 0 aliphatic carbocycles. The number of aromatic nitrogens is 1. The Morgan fingerprint density at radius 2 is 2.16 bits per heavy atom. The number of benzene rings is 1. The van der Waals surface area contributed by atoms with Crippen molar-refractivity contribution in [1.29, 1.82) is 0 Å². The van der Waals surface area contributed by atoms with Crippen molar-refractivity contribution >= 4 is 41.3 Å². The lowest BCUT2D eigenvalue weighted by Gasteiger charge is -2.28. The summed E-state index contributed by atoms with van der Waals surface area (Å²) in [5.41, 5.74) is 1.05. The van der Waals surface area contributed by atoms with E-state index in [0.29, 0.717) is 13.2 Å². The number of hydrogen-bond donors (Lipinski definition) is 1. The van der Waals surface area contributed by atoms with Crippen LogP contribution >= 0.6 is 35.3 Å². The number of fused-ring (bicyclic) bond motifs is 1. The lowest BCUT2D eigenvalue weighted by atomic mass is 10.2. The quantitative estimate of drug-likeness (QED) is 0.420. The Balaban J connectivity index is 0.00000225. The zero-order valence-electron chi connectivity index (χ0n) is 14.6. The number of hydrogen-bond acceptors (Lipinski definition) is 5. The summed E-state index contributed by atoms with van der Waals surface area (Å²) < 4.78 is 11.7. The maximum Gasteiger partial charge on any atom is 0.193 e. The highest BCUT2D eigenvalue weighted by Crippen LogP contribution is 2.30. The Bertz CT molecular complexity index is 722. The molecule has 0 saturated heterocycles. The van der Waals surface area contributed by atoms with Gasteiger partial charge in [0.05, 0.1) is 23.8 Å². The minimum absolute atomic E-state index is 0. The predicted molar refractivity (Wildman–Crippen MR) is 111 cm³/mol. The van der Waals surface area contributed by atoms with Crippen LogP contribution in [0.3, 0.4) is 0 Å². The smallest absolute Gasteiger partial charge is 0.193 e. The summed E-state index contributed by atoms with van der Waals surface area (Å²) >= 11 is 1.66. The van der Waals surface area contributed by atoms with Gasteiger partial charge in [0.15, 0.2) is 17.5 Å². The van der Waals surface area contributed by atoms with Crippen molar-refractivity contribution in [2.45, 2.75) is 19.6 Å². The van der Waals surface area contributed by atoms with E-state index in [1.807, 2.05) is 43.1 Å². The maximum atomic E-state index is 5.96. The van der Waals surface area contributed by atoms with Gasteiger partial charge in [-0.25, -0.2) is 4.98 Å². The van der Waals surface area contributed by atoms with Crippen LogP contribution in [-0.4, -0.2) is 49.2 Å². The summed E-state index contributed by atoms with van der Waals surface area (Å²) in [5.74, 6) is 2.40. The normalized spacial score (nSPS) is 16.1. The van der Waals surface area contributed by atoms with Crippen LogP contribution in [0.1, 0.15) is 10.7 Å². The van der Waals surface area contributed by atoms with Gasteiger partial charge in [-0.2, -0.15) is 0 Å². The van der Waals surface area contributed by atoms with Crippen molar-refractivity contribution in [1.82, 2.24) is 15.2 Å². The average Bonchev–Trinajstić information content (AvgIpc) is 3.00. The van der Waals surface area contributed by atoms with Gasteiger partial charge < -0.3 is 19.7 Å². The van der Waals surface area contributed by atoms with Crippen molar-refractivity contribution < 1.29 is 9.47 Å². The molecule has 1 atom stereocenters. The number of aryl methyl sites for hydroxylation is 1. The van der Waals surface area contributed by atoms with E-state index in [1.165, 1.54) is 0 Å². The zero-order valence-corrected chi connectivity index (χ0v) is 17.7. The van der Waals surface area contributed by atoms with Crippen LogP contribution in [0.15, 0.2) is 34.6 Å². The lowest BCUT2D eigenvalue weighted by Crippen LogP contribution is -2.45. The average molecular weight is 474 g/mol. The molecule has 1 aliphatic rings. The molecule has 6 nitrogen and oxygen atoms in total. The number of ether oxygens (including phenoxy) is 2. The molecule has 0 spiro atoms. The second kappa shape index (κ2) is 9.23. The van der Waals surface area contributed by atoms with Crippen molar-refractivity contribution in [3.05, 3.63) is 40.3 Å². The molecule has 0 amide bonds. The minimum Gasteiger partial charge on any atom is -0.486 e. The molecular weight excluding hydrogens is 451 g/mol. The Labute approximate surface area is 169 Å². The molecule has 25 heavy (non-hydrogen) atoms. The Kier molecular flexibility index (Phi) is 7.30. The number of thiazole rings is 1. The first-order valence-corrected chi connectivity index (χ1v) is 8.75. The van der Waals surface area contributed by atoms with Crippen molar-refractivity contribution in [3.8, 4) is 11.5 Å². The van der Waals surface area contributed by atoms with E-state index in [9.17, 15) is 0 Å². The summed E-state index contributed by atoms with van der Waals surface area (Å²) in [5, 5.41) is 6.50. The SMILES string of the molecule is CN=C(NCC1COc2ccccc2O1)N(C)Cc1csc(C)n1.I. The highest BCUT2D eigenvalue weighted by molar-refractivity contribution is 14.0. The molecule has 2 aromatic rings. The molecule has 0 saturated carbocycles. The minimum atomic E-state index is -0.0495. The first kappa shape index (κ1) is 19.8. The van der Waals surface area contributed by atoms with Gasteiger partial charge in [0.25, 0.3) is 0 Å². The number of halogens is 1. The lowest BCUT2D eigenvalue weighted by molar-refractivity contribution is 0.0931. The monoisotopic (exact) mass is 474 g/mol. The number of nitrogens with zero attached hydrogens (tertiary/aromatic N) is 3. The maximum absolute atomic E-state index is 5.96. The van der Waals surface area contributed by atoms with E-state index in [-0.39, 0.29) is 30.1 Å². The van der Waals surface area contributed by atoms with Gasteiger partial charge in [-0.05, 0) is 19.1 Å². The third kappa shape index (κ3) is 5.21. The number of rotatable bonds is 4. The summed E-state index contributed by atoms with van der Waals surface area (Å²) in [6.45, 7) is 3.88. The van der Waals surface area contributed by atoms with E-state index in [4.69, 9.17) is 9.47 Å². The predicted octanol–water partition coefficient (Wildman–Crippen LogP) is 2.92. The fourth-order valence-electron chi connectivity index (χ4n) is 2.55. The highest BCUT2D eigenvalue weighted by Gasteiger charge is 2.21. The van der Waals surface area contributed by atoms with Crippen LogP contribution in [0.5, 0.6) is 11.5 Å². The second-order valence-corrected chi connectivity index (χ2v) is 6.70. The summed E-state index contributed by atoms with van der Waals surface area (Å²) in [6, 6.07) is 7.73. The van der Waals surface area contributed by atoms with Crippen LogP contribution in [0.25, 0.3) is 0 Å². The van der Waals surface area contributed by atoms with E-state index in [1.54, 1.807) is 18.4 Å². The van der Waals surface area contributed by atoms with Gasteiger partial charge in [-0.15, -0.1) is 35.3 Å². The van der Waals surface area contributed by atoms with E-state index >= 15 is 0 Å². The van der Waals surface area contributed by atoms with Crippen molar-refractivity contribution in [3.63, 3.8) is 0 Å². The molecule has 1 unspecified atom stereocenters. The van der Waals surface area contributed by atoms with Crippen molar-refractivity contribution in [2.24, 2.45) is 4.99 Å². The van der Waals surface area contributed by atoms with Gasteiger partial charge in [0.2, 0.25) is 0 Å². The molecule has 1 aliphatic heterocycles. The van der Waals surface area contributed by atoms with E-state index < -0.39 is 0 Å². The van der Waals surface area contributed by atoms with Gasteiger partial charge >= 0.3 is 0 Å². The molecule has 2 heterocycles. The highest BCUT2D eigenvalue weighted by atomic mass is 127. The third-order valence-electron chi connectivity index (χ3n) is 3.69. The molecule has 1 aromatic carbocycles. The molecule has 0 fully saturated rings. The summed E-state index contributed by atoms with van der Waals surface area (Å²) in [6.07, 6.45) is -0.0495. The molecule has 1 aromatic heterocycles. The fourth-order valence-corrected chi connectivity index (χ4v) is 3.16. The molecule has 3 rings (SSSR count). The van der Waals surface area contributed by atoms with Gasteiger partial charge in [-0.1, -0.05) is 12.1 Å². The number of aliphatic imine (C=N–C) groups is 1. The standard InChI is InChI=1S/C17H22N4O2S.HI/c1-12-20-13(11-24-12)9-21(3)17(18-2)19-8-14-10-22-15-6-4-5-7-16(15)23-14;/h4-7,11,14H,8-10H2,1-3H3,(H,18,19);1H. The van der Waals surface area contributed by atoms with Crippen LogP contribution in [0, 0.1) is 6.92 Å². The third-order valence-corrected chi connectivity index (χ3v) is 4.52. The molecular formula is C17H23IN4O2S. The van der Waals surface area contributed by atoms with E-state index in [0.717, 1.165) is 34.7 Å². The number of para-hydroxylation sites is 2. The summed E-state index contributed by atoms with van der Waals surface area (Å²) in [4.78, 5) is 10.9. The van der Waals surface area contributed by atoms with Crippen LogP contribution < -0.4 is 14.8 Å². The number of guanidine groups is 1. The first-order chi connectivity index (χ1) is 11.7. The van der Waals surface area contributed by atoms with Crippen LogP contribution in [0.2, 0.25) is 0 Å². The zero-order chi connectivity index (χ0) is 16.9. The second-order valence-electron chi connectivity index (χ2n) is 5.64. The van der Waals surface area contributed by atoms with Gasteiger partial charge in [0.1, 0.15) is 12.7 Å². The van der Waals surface area contributed by atoms with Gasteiger partial charge in [0, 0.05) is 19.5 Å². The molecule has 0 bridgehead atoms. The first-order valence-electron chi connectivity index (χ1n) is 7.87. The Morgan fingerprint density at radius 3 is 2.84 bits per heavy atom. The number of nitrogens with one attached hydrogen (secondary N) is 1. The van der Waals surface area contributed by atoms with Crippen molar-refractivity contribution in [2.75, 3.05) is 27.2 Å². The largest absolute Gasteiger partial charge is 0.486 e. The molecule has 1 N–H and O–H groups in total. The van der Waals surface area contributed by atoms with Crippen LogP contribution in [0.4, 0.5) is 0 Å².